The Bertz CT molecular complexity index is 527. The molecule has 0 amide bonds. The molecule has 0 aliphatic carbocycles. The second kappa shape index (κ2) is 5.34. The lowest BCUT2D eigenvalue weighted by Crippen LogP contribution is -2.40. The summed E-state index contributed by atoms with van der Waals surface area (Å²) in [5, 5.41) is 6.94. The predicted octanol–water partition coefficient (Wildman–Crippen LogP) is -1.01. The Morgan fingerprint density at radius 1 is 1.22 bits per heavy atom. The summed E-state index contributed by atoms with van der Waals surface area (Å²) in [7, 11) is 2.99. The van der Waals surface area contributed by atoms with Crippen LogP contribution in [0.5, 0.6) is 0 Å². The molecule has 0 atom stereocenters. The van der Waals surface area contributed by atoms with E-state index < -0.39 is 5.69 Å². The van der Waals surface area contributed by atoms with E-state index in [0.717, 1.165) is 24.2 Å². The average Bonchev–Trinajstić information content (AvgIpc) is 2.86. The van der Waals surface area contributed by atoms with E-state index in [9.17, 15) is 9.59 Å². The summed E-state index contributed by atoms with van der Waals surface area (Å²) in [6, 6.07) is 0. The molecule has 0 radical (unpaired) electrons. The summed E-state index contributed by atoms with van der Waals surface area (Å²) in [6.45, 7) is 3.81. The van der Waals surface area contributed by atoms with Gasteiger partial charge in [-0.3, -0.25) is 9.36 Å². The van der Waals surface area contributed by atoms with Crippen LogP contribution in [-0.2, 0) is 14.1 Å². The van der Waals surface area contributed by atoms with Crippen LogP contribution in [0, 0.1) is 0 Å². The Morgan fingerprint density at radius 3 is 2.56 bits per heavy atom. The maximum Gasteiger partial charge on any atom is 0.346 e. The number of nitrogens with one attached hydrogen (secondary N) is 1. The van der Waals surface area contributed by atoms with E-state index in [-0.39, 0.29) is 11.4 Å². The van der Waals surface area contributed by atoms with Crippen molar-refractivity contribution in [3.63, 3.8) is 0 Å². The molecule has 1 saturated heterocycles. The highest BCUT2D eigenvalue weighted by Crippen LogP contribution is 2.05. The predicted molar refractivity (Wildman–Crippen MR) is 68.9 cm³/mol. The van der Waals surface area contributed by atoms with E-state index in [2.05, 4.69) is 15.3 Å². The van der Waals surface area contributed by atoms with Crippen molar-refractivity contribution in [2.75, 3.05) is 31.5 Å². The van der Waals surface area contributed by atoms with Gasteiger partial charge in [-0.2, -0.15) is 0 Å². The van der Waals surface area contributed by atoms with Crippen LogP contribution < -0.4 is 16.6 Å². The highest BCUT2D eigenvalue weighted by atomic mass is 16.2. The molecule has 100 valence electrons. The summed E-state index contributed by atoms with van der Waals surface area (Å²) in [6.07, 6.45) is 2.50. The highest BCUT2D eigenvalue weighted by molar-refractivity contribution is 5.29. The van der Waals surface area contributed by atoms with Gasteiger partial charge < -0.3 is 10.2 Å². The first kappa shape index (κ1) is 12.8. The molecule has 1 aliphatic rings. The minimum absolute atomic E-state index is 0.235. The van der Waals surface area contributed by atoms with Gasteiger partial charge in [0.05, 0.1) is 0 Å². The topological polar surface area (TPSA) is 72.2 Å². The quantitative estimate of drug-likeness (QED) is 0.744. The molecule has 2 rings (SSSR count). The maximum absolute atomic E-state index is 11.8. The van der Waals surface area contributed by atoms with E-state index in [4.69, 9.17) is 0 Å². The third-order valence-corrected chi connectivity index (χ3v) is 3.24. The van der Waals surface area contributed by atoms with Crippen LogP contribution >= 0.6 is 0 Å². The van der Waals surface area contributed by atoms with E-state index in [1.807, 2.05) is 0 Å². The Labute approximate surface area is 105 Å². The molecule has 1 N–H and O–H groups in total. The lowest BCUT2D eigenvalue weighted by Gasteiger charge is -2.15. The Kier molecular flexibility index (Phi) is 3.81. The number of aromatic nitrogens is 3. The molecule has 7 heteroatoms. The fourth-order valence-corrected chi connectivity index (χ4v) is 2.15. The number of anilines is 1. The summed E-state index contributed by atoms with van der Waals surface area (Å²) in [4.78, 5) is 25.6. The number of hydrogen-bond acceptors (Lipinski definition) is 5. The van der Waals surface area contributed by atoms with Crippen LogP contribution in [0.3, 0.4) is 0 Å². The molecular weight excluding hydrogens is 234 g/mol. The van der Waals surface area contributed by atoms with Crippen LogP contribution in [-0.4, -0.2) is 45.4 Å². The second-order valence-electron chi connectivity index (χ2n) is 4.59. The van der Waals surface area contributed by atoms with Gasteiger partial charge in [-0.15, -0.1) is 5.10 Å². The lowest BCUT2D eigenvalue weighted by molar-refractivity contribution is 0.352. The molecule has 0 saturated carbocycles. The Hall–Kier alpha value is -1.63. The zero-order valence-corrected chi connectivity index (χ0v) is 10.8. The van der Waals surface area contributed by atoms with Gasteiger partial charge >= 0.3 is 5.69 Å². The van der Waals surface area contributed by atoms with Crippen LogP contribution in [0.15, 0.2) is 9.59 Å². The molecule has 0 aromatic carbocycles. The first-order valence-electron chi connectivity index (χ1n) is 6.20. The summed E-state index contributed by atoms with van der Waals surface area (Å²) >= 11 is 0. The number of likely N-dealkylation sites (tertiary alicyclic amines) is 1. The minimum Gasteiger partial charge on any atom is -0.363 e. The number of aryl methyl sites for hydroxylation is 1. The first-order valence-corrected chi connectivity index (χ1v) is 6.20. The Morgan fingerprint density at radius 2 is 1.89 bits per heavy atom. The summed E-state index contributed by atoms with van der Waals surface area (Å²) < 4.78 is 2.23. The van der Waals surface area contributed by atoms with Crippen LogP contribution in [0.1, 0.15) is 12.8 Å². The van der Waals surface area contributed by atoms with Gasteiger partial charge in [0.15, 0.2) is 0 Å². The van der Waals surface area contributed by atoms with Crippen molar-refractivity contribution in [2.45, 2.75) is 12.8 Å². The number of hydrogen-bond donors (Lipinski definition) is 1. The molecule has 1 fully saturated rings. The van der Waals surface area contributed by atoms with Crippen LogP contribution in [0.2, 0.25) is 0 Å². The number of rotatable bonds is 4. The van der Waals surface area contributed by atoms with Crippen LogP contribution in [0.25, 0.3) is 0 Å². The van der Waals surface area contributed by atoms with Crippen molar-refractivity contribution in [3.05, 3.63) is 20.8 Å². The molecule has 0 spiro atoms. The Balaban J connectivity index is 2.01. The molecule has 7 nitrogen and oxygen atoms in total. The van der Waals surface area contributed by atoms with Gasteiger partial charge in [0.1, 0.15) is 0 Å². The second-order valence-corrected chi connectivity index (χ2v) is 4.59. The first-order chi connectivity index (χ1) is 8.59. The number of nitrogens with zero attached hydrogens (tertiary/aromatic N) is 4. The van der Waals surface area contributed by atoms with E-state index in [0.29, 0.717) is 6.54 Å². The van der Waals surface area contributed by atoms with Crippen molar-refractivity contribution >= 4 is 5.82 Å². The van der Waals surface area contributed by atoms with Crippen molar-refractivity contribution in [1.82, 2.24) is 19.2 Å². The molecule has 1 aromatic heterocycles. The fourth-order valence-electron chi connectivity index (χ4n) is 2.15. The molecule has 1 aliphatic heterocycles. The van der Waals surface area contributed by atoms with E-state index in [1.165, 1.54) is 31.6 Å². The fraction of sp³-hybridized carbons (Fsp3) is 0.727. The van der Waals surface area contributed by atoms with Gasteiger partial charge in [0, 0.05) is 27.2 Å². The normalized spacial score (nSPS) is 16.1. The molecule has 2 heterocycles. The standard InChI is InChI=1S/C11H19N5O2/c1-14-10(17)9(13-15(2)11(14)18)12-5-8-16-6-3-4-7-16/h3-8H2,1-2H3,(H,12,13). The van der Waals surface area contributed by atoms with E-state index >= 15 is 0 Å². The third kappa shape index (κ3) is 2.61. The minimum atomic E-state index is -0.412. The van der Waals surface area contributed by atoms with Gasteiger partial charge in [-0.05, 0) is 25.9 Å². The highest BCUT2D eigenvalue weighted by Gasteiger charge is 2.12. The van der Waals surface area contributed by atoms with Crippen LogP contribution in [0.4, 0.5) is 5.82 Å². The van der Waals surface area contributed by atoms with Crippen molar-refractivity contribution in [1.29, 1.82) is 0 Å². The monoisotopic (exact) mass is 253 g/mol. The van der Waals surface area contributed by atoms with Crippen molar-refractivity contribution in [2.24, 2.45) is 14.1 Å². The molecule has 0 bridgehead atoms. The third-order valence-electron chi connectivity index (χ3n) is 3.24. The maximum atomic E-state index is 11.8. The molecule has 1 aromatic rings. The van der Waals surface area contributed by atoms with Gasteiger partial charge in [0.25, 0.3) is 5.56 Å². The average molecular weight is 253 g/mol. The largest absolute Gasteiger partial charge is 0.363 e. The summed E-state index contributed by atoms with van der Waals surface area (Å²) in [5.41, 5.74) is -0.787. The smallest absolute Gasteiger partial charge is 0.346 e. The molecule has 0 unspecified atom stereocenters. The van der Waals surface area contributed by atoms with Crippen molar-refractivity contribution < 1.29 is 0 Å². The van der Waals surface area contributed by atoms with Gasteiger partial charge in [-0.25, -0.2) is 9.48 Å². The lowest BCUT2D eigenvalue weighted by atomic mass is 10.4. The SMILES string of the molecule is Cn1nc(NCCN2CCCC2)c(=O)n(C)c1=O. The molecular formula is C11H19N5O2. The zero-order chi connectivity index (χ0) is 13.1. The van der Waals surface area contributed by atoms with Crippen molar-refractivity contribution in [3.8, 4) is 0 Å². The van der Waals surface area contributed by atoms with Gasteiger partial charge in [-0.1, -0.05) is 0 Å². The summed E-state index contributed by atoms with van der Waals surface area (Å²) in [5.74, 6) is 0.235. The van der Waals surface area contributed by atoms with Gasteiger partial charge in [0.2, 0.25) is 5.82 Å². The molecule has 18 heavy (non-hydrogen) atoms. The zero-order valence-electron chi connectivity index (χ0n) is 10.8. The van der Waals surface area contributed by atoms with E-state index in [1.54, 1.807) is 0 Å².